The molecule has 0 spiro atoms. The molecule has 4 heteroatoms. The van der Waals surface area contributed by atoms with Crippen molar-refractivity contribution in [2.75, 3.05) is 0 Å². The number of nitrogens with zero attached hydrogens (tertiary/aromatic N) is 1. The molecule has 0 aromatic heterocycles. The highest BCUT2D eigenvalue weighted by Crippen LogP contribution is 2.18. The fourth-order valence-corrected chi connectivity index (χ4v) is 1.00. The minimum absolute atomic E-state index is 0.00463. The Kier molecular flexibility index (Phi) is 3.12. The zero-order valence-electron chi connectivity index (χ0n) is 7.64. The third-order valence-electron chi connectivity index (χ3n) is 1.63. The summed E-state index contributed by atoms with van der Waals surface area (Å²) in [4.78, 5) is 20.7. The van der Waals surface area contributed by atoms with Gasteiger partial charge in [-0.15, -0.1) is 0 Å². The number of para-hydroxylation sites is 1. The van der Waals surface area contributed by atoms with Crippen LogP contribution in [-0.4, -0.2) is 10.7 Å². The van der Waals surface area contributed by atoms with E-state index >= 15 is 0 Å². The fourth-order valence-electron chi connectivity index (χ4n) is 1.00. The molecule has 1 rings (SSSR count). The topological polar surface area (TPSA) is 60.2 Å². The van der Waals surface area contributed by atoms with Crippen LogP contribution in [0.4, 0.5) is 5.69 Å². The summed E-state index contributed by atoms with van der Waals surface area (Å²) in [6, 6.07) is 6.27. The highest BCUT2D eigenvalue weighted by Gasteiger charge is 2.08. The van der Waals surface area contributed by atoms with Crippen LogP contribution in [0.25, 0.3) is 6.08 Å². The van der Waals surface area contributed by atoms with Gasteiger partial charge in [0.1, 0.15) is 0 Å². The molecule has 14 heavy (non-hydrogen) atoms. The van der Waals surface area contributed by atoms with Gasteiger partial charge in [0.15, 0.2) is 5.78 Å². The molecule has 1 aromatic rings. The van der Waals surface area contributed by atoms with Gasteiger partial charge >= 0.3 is 0 Å². The molecule has 0 amide bonds. The predicted molar refractivity (Wildman–Crippen MR) is 52.8 cm³/mol. The Morgan fingerprint density at radius 1 is 1.43 bits per heavy atom. The van der Waals surface area contributed by atoms with Crippen molar-refractivity contribution >= 4 is 17.5 Å². The van der Waals surface area contributed by atoms with E-state index in [0.29, 0.717) is 5.56 Å². The Hall–Kier alpha value is -1.97. The molecule has 1 aromatic carbocycles. The summed E-state index contributed by atoms with van der Waals surface area (Å²) in [5.41, 5.74) is 0.442. The zero-order valence-corrected chi connectivity index (χ0v) is 7.64. The van der Waals surface area contributed by atoms with Crippen LogP contribution in [0.1, 0.15) is 12.5 Å². The molecule has 0 saturated heterocycles. The van der Waals surface area contributed by atoms with Gasteiger partial charge in [-0.3, -0.25) is 14.9 Å². The number of rotatable bonds is 3. The van der Waals surface area contributed by atoms with Gasteiger partial charge in [0.25, 0.3) is 5.69 Å². The smallest absolute Gasteiger partial charge is 0.276 e. The number of nitro groups is 1. The van der Waals surface area contributed by atoms with E-state index in [0.717, 1.165) is 0 Å². The number of ketones is 1. The first-order valence-corrected chi connectivity index (χ1v) is 4.03. The van der Waals surface area contributed by atoms with E-state index < -0.39 is 4.92 Å². The Morgan fingerprint density at radius 3 is 2.64 bits per heavy atom. The van der Waals surface area contributed by atoms with E-state index in [1.54, 1.807) is 18.2 Å². The van der Waals surface area contributed by atoms with Crippen molar-refractivity contribution in [3.8, 4) is 0 Å². The second kappa shape index (κ2) is 4.32. The molecule has 0 fully saturated rings. The first-order chi connectivity index (χ1) is 6.61. The Bertz CT molecular complexity index is 396. The summed E-state index contributed by atoms with van der Waals surface area (Å²) in [6.45, 7) is 1.39. The molecule has 0 N–H and O–H groups in total. The van der Waals surface area contributed by atoms with Crippen LogP contribution in [0.5, 0.6) is 0 Å². The van der Waals surface area contributed by atoms with Gasteiger partial charge in [0.05, 0.1) is 10.5 Å². The van der Waals surface area contributed by atoms with Crippen molar-refractivity contribution in [1.29, 1.82) is 0 Å². The van der Waals surface area contributed by atoms with Crippen molar-refractivity contribution in [1.82, 2.24) is 0 Å². The molecule has 4 nitrogen and oxygen atoms in total. The SMILES string of the molecule is CC(=O)/C=C\c1ccccc1[N+](=O)[O-]. The molecule has 0 atom stereocenters. The Balaban J connectivity index is 3.07. The molecular weight excluding hydrogens is 182 g/mol. The molecular formula is C10H9NO3. The maximum Gasteiger partial charge on any atom is 0.276 e. The number of nitro benzene ring substituents is 1. The van der Waals surface area contributed by atoms with Gasteiger partial charge in [-0.05, 0) is 25.1 Å². The molecule has 0 heterocycles. The van der Waals surface area contributed by atoms with Crippen LogP contribution in [0.2, 0.25) is 0 Å². The van der Waals surface area contributed by atoms with Gasteiger partial charge in [0.2, 0.25) is 0 Å². The third-order valence-corrected chi connectivity index (χ3v) is 1.63. The molecule has 72 valence electrons. The maximum atomic E-state index is 10.6. The maximum absolute atomic E-state index is 10.6. The van der Waals surface area contributed by atoms with Crippen LogP contribution in [-0.2, 0) is 4.79 Å². The van der Waals surface area contributed by atoms with Crippen molar-refractivity contribution in [2.24, 2.45) is 0 Å². The van der Waals surface area contributed by atoms with Crippen LogP contribution in [0, 0.1) is 10.1 Å². The lowest BCUT2D eigenvalue weighted by atomic mass is 10.1. The van der Waals surface area contributed by atoms with E-state index in [-0.39, 0.29) is 11.5 Å². The van der Waals surface area contributed by atoms with Crippen molar-refractivity contribution in [3.63, 3.8) is 0 Å². The summed E-state index contributed by atoms with van der Waals surface area (Å²) in [5, 5.41) is 10.6. The lowest BCUT2D eigenvalue weighted by molar-refractivity contribution is -0.385. The summed E-state index contributed by atoms with van der Waals surface area (Å²) >= 11 is 0. The molecule has 0 unspecified atom stereocenters. The van der Waals surface area contributed by atoms with Crippen molar-refractivity contribution in [3.05, 3.63) is 46.0 Å². The van der Waals surface area contributed by atoms with E-state index in [2.05, 4.69) is 0 Å². The lowest BCUT2D eigenvalue weighted by Gasteiger charge is -1.95. The standard InChI is InChI=1S/C10H9NO3/c1-8(12)6-7-9-4-2-3-5-10(9)11(13)14/h2-7H,1H3/b7-6-. The number of hydrogen-bond acceptors (Lipinski definition) is 3. The van der Waals surface area contributed by atoms with Gasteiger partial charge in [-0.25, -0.2) is 0 Å². The summed E-state index contributed by atoms with van der Waals surface area (Å²) < 4.78 is 0. The number of hydrogen-bond donors (Lipinski definition) is 0. The molecule has 0 bridgehead atoms. The van der Waals surface area contributed by atoms with E-state index in [1.807, 2.05) is 0 Å². The summed E-state index contributed by atoms with van der Waals surface area (Å²) in [6.07, 6.45) is 2.75. The van der Waals surface area contributed by atoms with E-state index in [1.165, 1.54) is 25.1 Å². The highest BCUT2D eigenvalue weighted by atomic mass is 16.6. The number of benzene rings is 1. The minimum Gasteiger partial charge on any atom is -0.295 e. The number of carbonyl (C=O) groups is 1. The second-order valence-electron chi connectivity index (χ2n) is 2.76. The number of allylic oxidation sites excluding steroid dienone is 1. The summed E-state index contributed by atoms with van der Waals surface area (Å²) in [5.74, 6) is -0.136. The monoisotopic (exact) mass is 191 g/mol. The average molecular weight is 191 g/mol. The van der Waals surface area contributed by atoms with Gasteiger partial charge in [-0.1, -0.05) is 12.1 Å². The molecule has 0 aliphatic rings. The van der Waals surface area contributed by atoms with Gasteiger partial charge < -0.3 is 0 Å². The lowest BCUT2D eigenvalue weighted by Crippen LogP contribution is -1.91. The quantitative estimate of drug-likeness (QED) is 0.418. The fraction of sp³-hybridized carbons (Fsp3) is 0.100. The second-order valence-corrected chi connectivity index (χ2v) is 2.76. The summed E-state index contributed by atoms with van der Waals surface area (Å²) in [7, 11) is 0. The zero-order chi connectivity index (χ0) is 10.6. The normalized spacial score (nSPS) is 10.4. The highest BCUT2D eigenvalue weighted by molar-refractivity contribution is 5.92. The predicted octanol–water partition coefficient (Wildman–Crippen LogP) is 2.20. The van der Waals surface area contributed by atoms with E-state index in [4.69, 9.17) is 0 Å². The van der Waals surface area contributed by atoms with Crippen molar-refractivity contribution < 1.29 is 9.72 Å². The molecule has 0 aliphatic heterocycles. The van der Waals surface area contributed by atoms with Crippen LogP contribution >= 0.6 is 0 Å². The Morgan fingerprint density at radius 2 is 2.07 bits per heavy atom. The van der Waals surface area contributed by atoms with Gasteiger partial charge in [-0.2, -0.15) is 0 Å². The largest absolute Gasteiger partial charge is 0.295 e. The first kappa shape index (κ1) is 10.1. The van der Waals surface area contributed by atoms with Crippen molar-refractivity contribution in [2.45, 2.75) is 6.92 Å². The van der Waals surface area contributed by atoms with Crippen LogP contribution < -0.4 is 0 Å². The molecule has 0 aliphatic carbocycles. The van der Waals surface area contributed by atoms with Crippen LogP contribution in [0.15, 0.2) is 30.3 Å². The molecule has 0 radical (unpaired) electrons. The van der Waals surface area contributed by atoms with Crippen LogP contribution in [0.3, 0.4) is 0 Å². The van der Waals surface area contributed by atoms with E-state index in [9.17, 15) is 14.9 Å². The average Bonchev–Trinajstić information content (AvgIpc) is 2.15. The third kappa shape index (κ3) is 2.52. The molecule has 0 saturated carbocycles. The van der Waals surface area contributed by atoms with Gasteiger partial charge in [0, 0.05) is 6.07 Å². The first-order valence-electron chi connectivity index (χ1n) is 4.03. The number of carbonyl (C=O) groups excluding carboxylic acids is 1. The Labute approximate surface area is 81.0 Å². The minimum atomic E-state index is -0.472.